The number of allylic oxidation sites excluding steroid dienone is 6. The Morgan fingerprint density at radius 3 is 2.84 bits per heavy atom. The van der Waals surface area contributed by atoms with Crippen LogP contribution >= 0.6 is 0 Å². The van der Waals surface area contributed by atoms with E-state index in [0.29, 0.717) is 5.39 Å². The average Bonchev–Trinajstić information content (AvgIpc) is 2.45. The molecule has 3 heteroatoms. The lowest BCUT2D eigenvalue weighted by molar-refractivity contribution is 1.24. The van der Waals surface area contributed by atoms with Crippen molar-refractivity contribution < 1.29 is 0 Å². The summed E-state index contributed by atoms with van der Waals surface area (Å²) >= 11 is 0. The molecular weight excluding hydrogens is 236 g/mol. The van der Waals surface area contributed by atoms with E-state index in [1.165, 1.54) is 0 Å². The standard InChI is InChI=1S/C16H16N2O/c1-3-5-6-7-12(4-2)14-11-18-16(19)15-10-17-9-8-13(14)15/h3-11H,1-2H3,(H,18,19)/b5-3-,7-6-,12-4+. The summed E-state index contributed by atoms with van der Waals surface area (Å²) in [5.41, 5.74) is 1.95. The van der Waals surface area contributed by atoms with Crippen LogP contribution in [0.5, 0.6) is 0 Å². The molecule has 0 aliphatic heterocycles. The average molecular weight is 252 g/mol. The summed E-state index contributed by atoms with van der Waals surface area (Å²) in [4.78, 5) is 18.5. The van der Waals surface area contributed by atoms with Crippen molar-refractivity contribution >= 4 is 16.3 Å². The van der Waals surface area contributed by atoms with E-state index in [4.69, 9.17) is 0 Å². The third kappa shape index (κ3) is 2.71. The minimum absolute atomic E-state index is 0.111. The van der Waals surface area contributed by atoms with E-state index in [2.05, 4.69) is 9.97 Å². The molecule has 0 aromatic carbocycles. The zero-order chi connectivity index (χ0) is 13.7. The second-order valence-corrected chi connectivity index (χ2v) is 4.08. The molecule has 3 nitrogen and oxygen atoms in total. The van der Waals surface area contributed by atoms with Gasteiger partial charge in [-0.05, 0) is 30.9 Å². The second kappa shape index (κ2) is 5.96. The molecule has 0 aliphatic rings. The van der Waals surface area contributed by atoms with E-state index < -0.39 is 0 Å². The van der Waals surface area contributed by atoms with E-state index in [-0.39, 0.29) is 5.56 Å². The third-order valence-electron chi connectivity index (χ3n) is 2.90. The van der Waals surface area contributed by atoms with E-state index in [1.807, 2.05) is 50.3 Å². The summed E-state index contributed by atoms with van der Waals surface area (Å²) in [5, 5.41) is 1.52. The van der Waals surface area contributed by atoms with Crippen molar-refractivity contribution in [3.05, 3.63) is 71.0 Å². The first kappa shape index (κ1) is 13.0. The summed E-state index contributed by atoms with van der Waals surface area (Å²) in [7, 11) is 0. The predicted molar refractivity (Wildman–Crippen MR) is 80.0 cm³/mol. The zero-order valence-electron chi connectivity index (χ0n) is 11.1. The first-order chi connectivity index (χ1) is 9.27. The quantitative estimate of drug-likeness (QED) is 0.850. The second-order valence-electron chi connectivity index (χ2n) is 4.08. The Bertz CT molecular complexity index is 721. The number of aromatic amines is 1. The van der Waals surface area contributed by atoms with Crippen molar-refractivity contribution in [2.24, 2.45) is 0 Å². The number of rotatable bonds is 3. The minimum atomic E-state index is -0.111. The van der Waals surface area contributed by atoms with E-state index >= 15 is 0 Å². The molecule has 1 N–H and O–H groups in total. The van der Waals surface area contributed by atoms with Gasteiger partial charge in [0.25, 0.3) is 5.56 Å². The highest BCUT2D eigenvalue weighted by Gasteiger charge is 2.06. The number of fused-ring (bicyclic) bond motifs is 1. The van der Waals surface area contributed by atoms with Gasteiger partial charge in [-0.2, -0.15) is 0 Å². The summed E-state index contributed by atoms with van der Waals surface area (Å²) in [6.45, 7) is 3.95. The van der Waals surface area contributed by atoms with Crippen LogP contribution in [0.3, 0.4) is 0 Å². The molecule has 2 rings (SSSR count). The molecule has 0 saturated carbocycles. The highest BCUT2D eigenvalue weighted by molar-refractivity contribution is 5.94. The highest BCUT2D eigenvalue weighted by atomic mass is 16.1. The zero-order valence-corrected chi connectivity index (χ0v) is 11.1. The Balaban J connectivity index is 2.62. The number of nitrogens with zero attached hydrogens (tertiary/aromatic N) is 1. The largest absolute Gasteiger partial charge is 0.328 e. The molecule has 0 atom stereocenters. The lowest BCUT2D eigenvalue weighted by Crippen LogP contribution is -2.07. The third-order valence-corrected chi connectivity index (χ3v) is 2.90. The maximum Gasteiger partial charge on any atom is 0.257 e. The van der Waals surface area contributed by atoms with Crippen LogP contribution in [-0.4, -0.2) is 9.97 Å². The summed E-state index contributed by atoms with van der Waals surface area (Å²) < 4.78 is 0. The summed E-state index contributed by atoms with van der Waals surface area (Å²) in [6, 6.07) is 1.87. The van der Waals surface area contributed by atoms with Gasteiger partial charge < -0.3 is 4.98 Å². The molecule has 19 heavy (non-hydrogen) atoms. The topological polar surface area (TPSA) is 45.8 Å². The van der Waals surface area contributed by atoms with Crippen molar-refractivity contribution in [3.8, 4) is 0 Å². The van der Waals surface area contributed by atoms with Crippen molar-refractivity contribution in [1.82, 2.24) is 9.97 Å². The molecule has 2 aromatic heterocycles. The Hall–Kier alpha value is -2.42. The van der Waals surface area contributed by atoms with Crippen LogP contribution < -0.4 is 5.56 Å². The molecule has 96 valence electrons. The van der Waals surface area contributed by atoms with Gasteiger partial charge in [-0.15, -0.1) is 0 Å². The van der Waals surface area contributed by atoms with Gasteiger partial charge in [0.15, 0.2) is 0 Å². The fourth-order valence-electron chi connectivity index (χ4n) is 1.95. The summed E-state index contributed by atoms with van der Waals surface area (Å²) in [6.07, 6.45) is 15.0. The van der Waals surface area contributed by atoms with Crippen LogP contribution in [0.2, 0.25) is 0 Å². The normalized spacial score (nSPS) is 12.8. The van der Waals surface area contributed by atoms with Crippen LogP contribution in [0.1, 0.15) is 19.4 Å². The minimum Gasteiger partial charge on any atom is -0.328 e. The van der Waals surface area contributed by atoms with E-state index in [1.54, 1.807) is 18.6 Å². The van der Waals surface area contributed by atoms with E-state index in [0.717, 1.165) is 16.5 Å². The molecule has 0 saturated heterocycles. The van der Waals surface area contributed by atoms with Crippen molar-refractivity contribution in [2.45, 2.75) is 13.8 Å². The fourth-order valence-corrected chi connectivity index (χ4v) is 1.95. The van der Waals surface area contributed by atoms with Gasteiger partial charge in [-0.25, -0.2) is 0 Å². The molecule has 0 amide bonds. The molecule has 0 fully saturated rings. The van der Waals surface area contributed by atoms with Gasteiger partial charge in [0, 0.05) is 24.2 Å². The van der Waals surface area contributed by atoms with Crippen LogP contribution in [0.15, 0.2) is 59.8 Å². The maximum atomic E-state index is 11.8. The molecule has 0 radical (unpaired) electrons. The SMILES string of the molecule is C\C=C/C=C\C(=C/C)c1c[nH]c(=O)c2cnccc12. The van der Waals surface area contributed by atoms with Crippen LogP contribution in [-0.2, 0) is 0 Å². The molecule has 0 bridgehead atoms. The van der Waals surface area contributed by atoms with Crippen LogP contribution in [0.25, 0.3) is 16.3 Å². The Morgan fingerprint density at radius 2 is 2.11 bits per heavy atom. The molecule has 0 unspecified atom stereocenters. The monoisotopic (exact) mass is 252 g/mol. The number of hydrogen-bond acceptors (Lipinski definition) is 2. The van der Waals surface area contributed by atoms with Crippen LogP contribution in [0, 0.1) is 0 Å². The Morgan fingerprint density at radius 1 is 1.26 bits per heavy atom. The van der Waals surface area contributed by atoms with Crippen molar-refractivity contribution in [2.75, 3.05) is 0 Å². The van der Waals surface area contributed by atoms with Gasteiger partial charge in [-0.1, -0.05) is 30.4 Å². The van der Waals surface area contributed by atoms with Crippen LogP contribution in [0.4, 0.5) is 0 Å². The number of pyridine rings is 2. The lowest BCUT2D eigenvalue weighted by Gasteiger charge is -2.06. The van der Waals surface area contributed by atoms with Crippen molar-refractivity contribution in [1.29, 1.82) is 0 Å². The molecular formula is C16H16N2O. The predicted octanol–water partition coefficient (Wildman–Crippen LogP) is 3.46. The van der Waals surface area contributed by atoms with Gasteiger partial charge >= 0.3 is 0 Å². The van der Waals surface area contributed by atoms with Crippen molar-refractivity contribution in [3.63, 3.8) is 0 Å². The number of hydrogen-bond donors (Lipinski definition) is 1. The molecule has 0 aliphatic carbocycles. The smallest absolute Gasteiger partial charge is 0.257 e. The maximum absolute atomic E-state index is 11.8. The lowest BCUT2D eigenvalue weighted by atomic mass is 10.0. The first-order valence-electron chi connectivity index (χ1n) is 6.19. The van der Waals surface area contributed by atoms with Gasteiger partial charge in [0.05, 0.1) is 5.39 Å². The molecule has 0 spiro atoms. The number of H-pyrrole nitrogens is 1. The number of nitrogens with one attached hydrogen (secondary N) is 1. The Labute approximate surface area is 112 Å². The number of aromatic nitrogens is 2. The van der Waals surface area contributed by atoms with Gasteiger partial charge in [0.1, 0.15) is 0 Å². The summed E-state index contributed by atoms with van der Waals surface area (Å²) in [5.74, 6) is 0. The first-order valence-corrected chi connectivity index (χ1v) is 6.19. The molecule has 2 heterocycles. The van der Waals surface area contributed by atoms with E-state index in [9.17, 15) is 4.79 Å². The van der Waals surface area contributed by atoms with Gasteiger partial charge in [0.2, 0.25) is 0 Å². The van der Waals surface area contributed by atoms with Gasteiger partial charge in [-0.3, -0.25) is 9.78 Å². The highest BCUT2D eigenvalue weighted by Crippen LogP contribution is 2.22. The fraction of sp³-hybridized carbons (Fsp3) is 0.125. The molecule has 2 aromatic rings. The Kier molecular flexibility index (Phi) is 4.08.